The summed E-state index contributed by atoms with van der Waals surface area (Å²) in [7, 11) is -3.77. The lowest BCUT2D eigenvalue weighted by atomic mass is 10.1. The molecule has 0 saturated carbocycles. The number of rotatable bonds is 5. The first kappa shape index (κ1) is 18.6. The van der Waals surface area contributed by atoms with Crippen LogP contribution in [0, 0.1) is 5.92 Å². The second-order valence-electron chi connectivity index (χ2n) is 5.93. The number of esters is 1. The van der Waals surface area contributed by atoms with Crippen molar-refractivity contribution in [2.75, 3.05) is 0 Å². The van der Waals surface area contributed by atoms with E-state index in [9.17, 15) is 13.2 Å². The summed E-state index contributed by atoms with van der Waals surface area (Å²) in [6.07, 6.45) is 0. The van der Waals surface area contributed by atoms with Crippen LogP contribution in [0.3, 0.4) is 0 Å². The third kappa shape index (κ3) is 5.36. The molecule has 120 valence electrons. The molecule has 1 N–H and O–H groups in total. The molecule has 0 aliphatic carbocycles. The molecule has 0 aliphatic heterocycles. The van der Waals surface area contributed by atoms with Crippen molar-refractivity contribution in [2.45, 2.75) is 50.5 Å². The van der Waals surface area contributed by atoms with Gasteiger partial charge in [0, 0.05) is 4.47 Å². The highest BCUT2D eigenvalue weighted by Crippen LogP contribution is 2.28. The van der Waals surface area contributed by atoms with E-state index < -0.39 is 27.6 Å². The van der Waals surface area contributed by atoms with E-state index in [1.54, 1.807) is 46.1 Å². The number of carbonyl (C=O) groups excluding carboxylic acids is 1. The van der Waals surface area contributed by atoms with E-state index >= 15 is 0 Å². The lowest BCUT2D eigenvalue weighted by Crippen LogP contribution is -2.47. The van der Waals surface area contributed by atoms with E-state index in [-0.39, 0.29) is 10.1 Å². The molecule has 1 heterocycles. The zero-order valence-corrected chi connectivity index (χ0v) is 15.9. The number of carbonyl (C=O) groups is 1. The van der Waals surface area contributed by atoms with Crippen molar-refractivity contribution in [1.82, 2.24) is 4.72 Å². The van der Waals surface area contributed by atoms with E-state index in [0.29, 0.717) is 4.47 Å². The molecule has 0 saturated heterocycles. The number of thiophene rings is 1. The van der Waals surface area contributed by atoms with E-state index in [1.807, 2.05) is 0 Å². The second kappa shape index (κ2) is 6.76. The van der Waals surface area contributed by atoms with Crippen molar-refractivity contribution in [3.63, 3.8) is 0 Å². The highest BCUT2D eigenvalue weighted by Gasteiger charge is 2.33. The Hall–Kier alpha value is -0.440. The van der Waals surface area contributed by atoms with Crippen LogP contribution < -0.4 is 4.72 Å². The van der Waals surface area contributed by atoms with Gasteiger partial charge in [-0.05, 0) is 54.1 Å². The Bertz CT molecular complexity index is 602. The molecule has 1 aromatic rings. The molecule has 21 heavy (non-hydrogen) atoms. The van der Waals surface area contributed by atoms with Crippen LogP contribution in [-0.4, -0.2) is 26.0 Å². The maximum absolute atomic E-state index is 12.4. The molecule has 0 bridgehead atoms. The standard InChI is InChI=1S/C13H20BrNO4S2/c1-8(2)10(11(16)19-13(3,4)5)15-21(17,18)12-9(14)6-7-20-12/h6-8,10,15H,1-5H3/t10-/m0/s1. The lowest BCUT2D eigenvalue weighted by molar-refractivity contribution is -0.158. The SMILES string of the molecule is CC(C)[C@H](NS(=O)(=O)c1sccc1Br)C(=O)OC(C)(C)C. The minimum Gasteiger partial charge on any atom is -0.459 e. The van der Waals surface area contributed by atoms with Gasteiger partial charge in [-0.2, -0.15) is 4.72 Å². The van der Waals surface area contributed by atoms with Gasteiger partial charge in [0.25, 0.3) is 10.0 Å². The molecule has 1 atom stereocenters. The monoisotopic (exact) mass is 397 g/mol. The summed E-state index contributed by atoms with van der Waals surface area (Å²) in [6, 6.07) is 0.722. The summed E-state index contributed by atoms with van der Waals surface area (Å²) >= 11 is 4.28. The first-order chi connectivity index (χ1) is 9.44. The van der Waals surface area contributed by atoms with Crippen molar-refractivity contribution in [1.29, 1.82) is 0 Å². The van der Waals surface area contributed by atoms with E-state index in [2.05, 4.69) is 20.7 Å². The van der Waals surface area contributed by atoms with Crippen LogP contribution in [0.1, 0.15) is 34.6 Å². The van der Waals surface area contributed by atoms with Crippen LogP contribution in [0.2, 0.25) is 0 Å². The number of sulfonamides is 1. The van der Waals surface area contributed by atoms with Gasteiger partial charge in [-0.1, -0.05) is 13.8 Å². The first-order valence-corrected chi connectivity index (χ1v) is 9.58. The molecule has 1 rings (SSSR count). The molecule has 0 fully saturated rings. The Labute approximate surface area is 138 Å². The fourth-order valence-corrected chi connectivity index (χ4v) is 5.20. The zero-order chi connectivity index (χ0) is 16.4. The Morgan fingerprint density at radius 3 is 2.33 bits per heavy atom. The molecule has 0 aliphatic rings. The molecule has 8 heteroatoms. The Balaban J connectivity index is 2.99. The van der Waals surface area contributed by atoms with Crippen molar-refractivity contribution < 1.29 is 17.9 Å². The molecular formula is C13H20BrNO4S2. The van der Waals surface area contributed by atoms with Crippen LogP contribution in [0.15, 0.2) is 20.1 Å². The molecule has 0 spiro atoms. The summed E-state index contributed by atoms with van der Waals surface area (Å²) < 4.78 is 33.1. The van der Waals surface area contributed by atoms with Gasteiger partial charge in [0.1, 0.15) is 15.9 Å². The number of hydrogen-bond acceptors (Lipinski definition) is 5. The van der Waals surface area contributed by atoms with Crippen molar-refractivity contribution in [3.8, 4) is 0 Å². The van der Waals surface area contributed by atoms with Gasteiger partial charge in [0.15, 0.2) is 0 Å². The third-order valence-electron chi connectivity index (χ3n) is 2.44. The number of halogens is 1. The summed E-state index contributed by atoms with van der Waals surface area (Å²) in [5, 5.41) is 1.66. The number of nitrogens with one attached hydrogen (secondary N) is 1. The Morgan fingerprint density at radius 2 is 1.95 bits per heavy atom. The molecule has 5 nitrogen and oxygen atoms in total. The van der Waals surface area contributed by atoms with Crippen molar-refractivity contribution in [2.24, 2.45) is 5.92 Å². The molecule has 0 amide bonds. The minimum atomic E-state index is -3.77. The summed E-state index contributed by atoms with van der Waals surface area (Å²) in [6.45, 7) is 8.76. The van der Waals surface area contributed by atoms with Crippen LogP contribution in [0.5, 0.6) is 0 Å². The normalized spacial score (nSPS) is 14.2. The van der Waals surface area contributed by atoms with Crippen LogP contribution >= 0.6 is 27.3 Å². The molecular weight excluding hydrogens is 378 g/mol. The highest BCUT2D eigenvalue weighted by atomic mass is 79.9. The minimum absolute atomic E-state index is 0.150. The maximum Gasteiger partial charge on any atom is 0.324 e. The summed E-state index contributed by atoms with van der Waals surface area (Å²) in [5.41, 5.74) is -0.667. The van der Waals surface area contributed by atoms with Gasteiger partial charge in [0.2, 0.25) is 0 Å². The highest BCUT2D eigenvalue weighted by molar-refractivity contribution is 9.10. The molecule has 1 aromatic heterocycles. The molecule has 0 unspecified atom stereocenters. The van der Waals surface area contributed by atoms with Gasteiger partial charge >= 0.3 is 5.97 Å². The fourth-order valence-electron chi connectivity index (χ4n) is 1.51. The van der Waals surface area contributed by atoms with E-state index in [4.69, 9.17) is 4.74 Å². The molecule has 0 radical (unpaired) electrons. The lowest BCUT2D eigenvalue weighted by Gasteiger charge is -2.26. The number of ether oxygens (including phenoxy) is 1. The Morgan fingerprint density at radius 1 is 1.38 bits per heavy atom. The fraction of sp³-hybridized carbons (Fsp3) is 0.615. The van der Waals surface area contributed by atoms with Gasteiger partial charge < -0.3 is 4.74 Å². The van der Waals surface area contributed by atoms with E-state index in [0.717, 1.165) is 11.3 Å². The average Bonchev–Trinajstić information content (AvgIpc) is 2.70. The van der Waals surface area contributed by atoms with Crippen molar-refractivity contribution in [3.05, 3.63) is 15.9 Å². The largest absolute Gasteiger partial charge is 0.459 e. The quantitative estimate of drug-likeness (QED) is 0.774. The second-order valence-corrected chi connectivity index (χ2v) is 9.61. The zero-order valence-electron chi connectivity index (χ0n) is 12.6. The van der Waals surface area contributed by atoms with Crippen LogP contribution in [0.25, 0.3) is 0 Å². The van der Waals surface area contributed by atoms with E-state index in [1.165, 1.54) is 0 Å². The summed E-state index contributed by atoms with van der Waals surface area (Å²) in [5.74, 6) is -0.804. The number of hydrogen-bond donors (Lipinski definition) is 1. The third-order valence-corrected chi connectivity index (χ3v) is 6.55. The average molecular weight is 398 g/mol. The summed E-state index contributed by atoms with van der Waals surface area (Å²) in [4.78, 5) is 12.2. The van der Waals surface area contributed by atoms with Crippen molar-refractivity contribution >= 4 is 43.3 Å². The van der Waals surface area contributed by atoms with Gasteiger partial charge in [-0.15, -0.1) is 11.3 Å². The predicted molar refractivity (Wildman–Crippen MR) is 86.8 cm³/mol. The Kier molecular flexibility index (Phi) is 5.99. The van der Waals surface area contributed by atoms with Gasteiger partial charge in [0.05, 0.1) is 0 Å². The van der Waals surface area contributed by atoms with Crippen LogP contribution in [-0.2, 0) is 19.6 Å². The van der Waals surface area contributed by atoms with Crippen LogP contribution in [0.4, 0.5) is 0 Å². The first-order valence-electron chi connectivity index (χ1n) is 6.42. The van der Waals surface area contributed by atoms with Gasteiger partial charge in [-0.3, -0.25) is 4.79 Å². The smallest absolute Gasteiger partial charge is 0.324 e. The topological polar surface area (TPSA) is 72.5 Å². The van der Waals surface area contributed by atoms with Gasteiger partial charge in [-0.25, -0.2) is 8.42 Å². The predicted octanol–water partition coefficient (Wildman–Crippen LogP) is 3.16. The maximum atomic E-state index is 12.4. The molecule has 0 aromatic carbocycles.